The molecule has 0 saturated carbocycles. The molecular weight excluding hydrogens is 271 g/mol. The standard InChI is InChI=1S/C11H9ClF3NS/c1-2-5-17-10-8(11(13,14)15)4-3-7(6-16)9(10)12/h3-4H,2,5H2,1H3. The van der Waals surface area contributed by atoms with Crippen molar-refractivity contribution in [2.24, 2.45) is 0 Å². The fraction of sp³-hybridized carbons (Fsp3) is 0.364. The first-order chi connectivity index (χ1) is 7.91. The van der Waals surface area contributed by atoms with Crippen molar-refractivity contribution in [2.45, 2.75) is 24.4 Å². The van der Waals surface area contributed by atoms with Gasteiger partial charge in [-0.05, 0) is 24.3 Å². The number of nitriles is 1. The van der Waals surface area contributed by atoms with Crippen LogP contribution < -0.4 is 0 Å². The van der Waals surface area contributed by atoms with E-state index in [0.717, 1.165) is 30.3 Å². The summed E-state index contributed by atoms with van der Waals surface area (Å²) < 4.78 is 38.2. The molecule has 1 rings (SSSR count). The van der Waals surface area contributed by atoms with Crippen molar-refractivity contribution in [3.05, 3.63) is 28.3 Å². The van der Waals surface area contributed by atoms with Crippen LogP contribution in [0.2, 0.25) is 5.02 Å². The molecule has 0 N–H and O–H groups in total. The molecule has 1 nitrogen and oxygen atoms in total. The van der Waals surface area contributed by atoms with Crippen LogP contribution in [0.3, 0.4) is 0 Å². The van der Waals surface area contributed by atoms with Crippen LogP contribution in [0.25, 0.3) is 0 Å². The second-order valence-electron chi connectivity index (χ2n) is 3.26. The quantitative estimate of drug-likeness (QED) is 0.747. The third-order valence-corrected chi connectivity index (χ3v) is 3.80. The van der Waals surface area contributed by atoms with Crippen molar-refractivity contribution in [1.29, 1.82) is 5.26 Å². The molecule has 0 spiro atoms. The molecule has 92 valence electrons. The Kier molecular flexibility index (Phi) is 4.72. The lowest BCUT2D eigenvalue weighted by atomic mass is 10.1. The minimum Gasteiger partial charge on any atom is -0.192 e. The van der Waals surface area contributed by atoms with E-state index in [1.807, 2.05) is 6.92 Å². The van der Waals surface area contributed by atoms with Gasteiger partial charge in [0, 0.05) is 4.90 Å². The lowest BCUT2D eigenvalue weighted by Crippen LogP contribution is -2.08. The molecule has 0 aromatic heterocycles. The number of benzene rings is 1. The van der Waals surface area contributed by atoms with E-state index in [4.69, 9.17) is 16.9 Å². The van der Waals surface area contributed by atoms with Crippen molar-refractivity contribution < 1.29 is 13.2 Å². The number of hydrogen-bond acceptors (Lipinski definition) is 2. The fourth-order valence-corrected chi connectivity index (χ4v) is 2.57. The molecule has 0 radical (unpaired) electrons. The van der Waals surface area contributed by atoms with E-state index in [-0.39, 0.29) is 15.5 Å². The SMILES string of the molecule is CCCSc1c(C(F)(F)F)ccc(C#N)c1Cl. The summed E-state index contributed by atoms with van der Waals surface area (Å²) in [6, 6.07) is 3.78. The highest BCUT2D eigenvalue weighted by Gasteiger charge is 2.35. The Morgan fingerprint density at radius 2 is 2.06 bits per heavy atom. The largest absolute Gasteiger partial charge is 0.417 e. The van der Waals surface area contributed by atoms with Gasteiger partial charge in [0.1, 0.15) is 6.07 Å². The molecule has 0 amide bonds. The minimum absolute atomic E-state index is 0.0555. The summed E-state index contributed by atoms with van der Waals surface area (Å²) in [7, 11) is 0. The molecule has 6 heteroatoms. The zero-order valence-electron chi connectivity index (χ0n) is 8.94. The van der Waals surface area contributed by atoms with Crippen LogP contribution in [0.5, 0.6) is 0 Å². The summed E-state index contributed by atoms with van der Waals surface area (Å²) >= 11 is 6.84. The van der Waals surface area contributed by atoms with Gasteiger partial charge >= 0.3 is 6.18 Å². The zero-order valence-corrected chi connectivity index (χ0v) is 10.5. The van der Waals surface area contributed by atoms with E-state index >= 15 is 0 Å². The molecule has 0 aliphatic heterocycles. The molecule has 0 aliphatic carbocycles. The fourth-order valence-electron chi connectivity index (χ4n) is 1.21. The van der Waals surface area contributed by atoms with Gasteiger partial charge in [-0.1, -0.05) is 18.5 Å². The number of rotatable bonds is 3. The molecular formula is C11H9ClF3NS. The maximum atomic E-state index is 12.7. The topological polar surface area (TPSA) is 23.8 Å². The summed E-state index contributed by atoms with van der Waals surface area (Å²) in [4.78, 5) is -0.0555. The predicted molar refractivity (Wildman–Crippen MR) is 62.2 cm³/mol. The minimum atomic E-state index is -4.45. The van der Waals surface area contributed by atoms with Crippen molar-refractivity contribution in [3.8, 4) is 6.07 Å². The molecule has 1 aromatic carbocycles. The molecule has 0 atom stereocenters. The summed E-state index contributed by atoms with van der Waals surface area (Å²) in [6.45, 7) is 1.86. The Balaban J connectivity index is 3.32. The lowest BCUT2D eigenvalue weighted by molar-refractivity contribution is -0.139. The second-order valence-corrected chi connectivity index (χ2v) is 4.74. The molecule has 17 heavy (non-hydrogen) atoms. The van der Waals surface area contributed by atoms with Gasteiger partial charge in [0.25, 0.3) is 0 Å². The van der Waals surface area contributed by atoms with Gasteiger partial charge in [-0.25, -0.2) is 0 Å². The Morgan fingerprint density at radius 1 is 1.41 bits per heavy atom. The Labute approximate surface area is 107 Å². The molecule has 0 heterocycles. The van der Waals surface area contributed by atoms with Gasteiger partial charge in [0.15, 0.2) is 0 Å². The van der Waals surface area contributed by atoms with Crippen LogP contribution in [0, 0.1) is 11.3 Å². The van der Waals surface area contributed by atoms with Crippen LogP contribution in [0.4, 0.5) is 13.2 Å². The van der Waals surface area contributed by atoms with E-state index in [0.29, 0.717) is 5.75 Å². The van der Waals surface area contributed by atoms with Gasteiger partial charge in [-0.15, -0.1) is 11.8 Å². The second kappa shape index (κ2) is 5.65. The zero-order chi connectivity index (χ0) is 13.1. The lowest BCUT2D eigenvalue weighted by Gasteiger charge is -2.14. The molecule has 1 aromatic rings. The van der Waals surface area contributed by atoms with Gasteiger partial charge in [0.05, 0.1) is 16.1 Å². The highest BCUT2D eigenvalue weighted by atomic mass is 35.5. The van der Waals surface area contributed by atoms with E-state index in [1.54, 1.807) is 6.07 Å². The van der Waals surface area contributed by atoms with E-state index < -0.39 is 11.7 Å². The average molecular weight is 280 g/mol. The predicted octanol–water partition coefficient (Wildman–Crippen LogP) is 4.73. The first-order valence-electron chi connectivity index (χ1n) is 4.84. The Bertz CT molecular complexity index is 451. The van der Waals surface area contributed by atoms with Gasteiger partial charge in [-0.3, -0.25) is 0 Å². The molecule has 0 fully saturated rings. The van der Waals surface area contributed by atoms with Crippen LogP contribution in [0.15, 0.2) is 17.0 Å². The summed E-state index contributed by atoms with van der Waals surface area (Å²) in [5, 5.41) is 8.63. The summed E-state index contributed by atoms with van der Waals surface area (Å²) in [5.41, 5.74) is -0.710. The number of alkyl halides is 3. The van der Waals surface area contributed by atoms with E-state index in [9.17, 15) is 13.2 Å². The van der Waals surface area contributed by atoms with Crippen LogP contribution in [0.1, 0.15) is 24.5 Å². The normalized spacial score (nSPS) is 11.3. The first-order valence-corrected chi connectivity index (χ1v) is 6.20. The van der Waals surface area contributed by atoms with Gasteiger partial charge < -0.3 is 0 Å². The number of halogens is 4. The van der Waals surface area contributed by atoms with Crippen molar-refractivity contribution >= 4 is 23.4 Å². The average Bonchev–Trinajstić information content (AvgIpc) is 2.25. The Morgan fingerprint density at radius 3 is 2.53 bits per heavy atom. The van der Waals surface area contributed by atoms with Crippen molar-refractivity contribution in [1.82, 2.24) is 0 Å². The number of hydrogen-bond donors (Lipinski definition) is 0. The van der Waals surface area contributed by atoms with Crippen LogP contribution in [-0.4, -0.2) is 5.75 Å². The maximum Gasteiger partial charge on any atom is 0.417 e. The van der Waals surface area contributed by atoms with E-state index in [1.165, 1.54) is 0 Å². The number of nitrogens with zero attached hydrogens (tertiary/aromatic N) is 1. The van der Waals surface area contributed by atoms with Gasteiger partial charge in [-0.2, -0.15) is 18.4 Å². The summed E-state index contributed by atoms with van der Waals surface area (Å²) in [6.07, 6.45) is -3.72. The smallest absolute Gasteiger partial charge is 0.192 e. The molecule has 0 unspecified atom stereocenters. The van der Waals surface area contributed by atoms with Gasteiger partial charge in [0.2, 0.25) is 0 Å². The first kappa shape index (κ1) is 14.2. The Hall–Kier alpha value is -0.860. The van der Waals surface area contributed by atoms with Crippen molar-refractivity contribution in [2.75, 3.05) is 5.75 Å². The molecule has 0 aliphatic rings. The third-order valence-electron chi connectivity index (χ3n) is 1.97. The third kappa shape index (κ3) is 3.30. The number of thioether (sulfide) groups is 1. The summed E-state index contributed by atoms with van der Waals surface area (Å²) in [5.74, 6) is 0.525. The molecule has 0 saturated heterocycles. The molecule has 0 bridgehead atoms. The van der Waals surface area contributed by atoms with E-state index in [2.05, 4.69) is 0 Å². The highest BCUT2D eigenvalue weighted by Crippen LogP contribution is 2.41. The van der Waals surface area contributed by atoms with Crippen LogP contribution >= 0.6 is 23.4 Å². The van der Waals surface area contributed by atoms with Crippen molar-refractivity contribution in [3.63, 3.8) is 0 Å². The monoisotopic (exact) mass is 279 g/mol. The maximum absolute atomic E-state index is 12.7. The highest BCUT2D eigenvalue weighted by molar-refractivity contribution is 7.99. The van der Waals surface area contributed by atoms with Crippen LogP contribution in [-0.2, 0) is 6.18 Å².